The van der Waals surface area contributed by atoms with E-state index in [0.29, 0.717) is 140 Å². The lowest BCUT2D eigenvalue weighted by Gasteiger charge is -2.39. The first kappa shape index (κ1) is 87.2. The molecule has 650 valence electrons. The number of imide groups is 1. The Balaban J connectivity index is 0.557. The van der Waals surface area contributed by atoms with Crippen molar-refractivity contribution in [2.24, 2.45) is 21.8 Å². The number of nitrogens with zero attached hydrogens (tertiary/aromatic N) is 9. The number of quaternary nitrogens is 1. The molecule has 0 bridgehead atoms. The zero-order valence-corrected chi connectivity index (χ0v) is 70.9. The first-order valence-corrected chi connectivity index (χ1v) is 44.0. The molecular weight excluding hydrogens is 1650 g/mol. The van der Waals surface area contributed by atoms with Gasteiger partial charge in [-0.05, 0) is 162 Å². The van der Waals surface area contributed by atoms with Gasteiger partial charge in [-0.2, -0.15) is 0 Å². The molecule has 6 aliphatic heterocycles. The molecule has 1 saturated carbocycles. The number of carbonyl (C=O) groups is 6. The predicted octanol–water partition coefficient (Wildman–Crippen LogP) is 9.09. The van der Waals surface area contributed by atoms with Crippen LogP contribution in [0, 0.1) is 11.8 Å². The zero-order valence-electron chi connectivity index (χ0n) is 68.4. The van der Waals surface area contributed by atoms with Gasteiger partial charge in [-0.15, -0.1) is 36.2 Å². The Morgan fingerprint density at radius 2 is 1.19 bits per heavy atom. The molecule has 32 nitrogen and oxygen atoms in total. The lowest BCUT2D eigenvalue weighted by molar-refractivity contribution is -0.916. The summed E-state index contributed by atoms with van der Waals surface area (Å²) in [4.78, 5) is 96.2. The molecule has 5 aromatic carbocycles. The number of ether oxygens (including phenoxy) is 9. The molecule has 0 radical (unpaired) electrons. The minimum Gasteiger partial charge on any atom is -0.493 e. The molecule has 3 aromatic heterocycles. The van der Waals surface area contributed by atoms with Crippen LogP contribution < -0.4 is 32.1 Å². The van der Waals surface area contributed by atoms with Gasteiger partial charge < -0.3 is 85.7 Å². The number of fused-ring (bicyclic) bond motifs is 6. The summed E-state index contributed by atoms with van der Waals surface area (Å²) in [5.74, 6) is -0.500. The largest absolute Gasteiger partial charge is 0.501 e. The summed E-state index contributed by atoms with van der Waals surface area (Å²) in [5.41, 5.74) is 7.80. The van der Waals surface area contributed by atoms with Crippen LogP contribution in [-0.2, 0) is 109 Å². The first-order valence-electron chi connectivity index (χ1n) is 40.9. The second-order valence-corrected chi connectivity index (χ2v) is 35.3. The molecule has 4 N–H and O–H groups in total. The van der Waals surface area contributed by atoms with Gasteiger partial charge in [0, 0.05) is 128 Å². The van der Waals surface area contributed by atoms with Crippen molar-refractivity contribution < 1.29 is 113 Å². The number of ketones is 2. The third-order valence-electron chi connectivity index (χ3n) is 22.8. The fourth-order valence-electron chi connectivity index (χ4n) is 16.4. The van der Waals surface area contributed by atoms with Crippen molar-refractivity contribution >= 4 is 92.1 Å². The fraction of sp³-hybridized carbons (Fsp3) is 0.432. The van der Waals surface area contributed by atoms with Crippen molar-refractivity contribution in [1.29, 1.82) is 0 Å². The quantitative estimate of drug-likeness (QED) is 0.0121. The Bertz CT molecular complexity index is 5230. The van der Waals surface area contributed by atoms with Gasteiger partial charge in [0.25, 0.3) is 23.6 Å². The molecule has 123 heavy (non-hydrogen) atoms. The molecule has 1 aliphatic carbocycles. The molecule has 1 saturated heterocycles. The maximum Gasteiger partial charge on any atom is 0.501 e. The van der Waals surface area contributed by atoms with Crippen molar-refractivity contribution in [1.82, 2.24) is 29.7 Å². The molecule has 7 atom stereocenters. The summed E-state index contributed by atoms with van der Waals surface area (Å²) >= 11 is 3.35. The molecule has 2 fully saturated rings. The molecule has 15 rings (SSSR count). The Kier molecular flexibility index (Phi) is 27.7. The first-order chi connectivity index (χ1) is 59.4. The number of hydrogen-bond donors (Lipinski definition) is 4. The minimum absolute atomic E-state index is 0.000980. The summed E-state index contributed by atoms with van der Waals surface area (Å²) in [6.45, 7) is 3.56. The highest BCUT2D eigenvalue weighted by atomic mass is 32.3. The Morgan fingerprint density at radius 3 is 1.80 bits per heavy atom. The van der Waals surface area contributed by atoms with E-state index < -0.39 is 59.2 Å². The van der Waals surface area contributed by atoms with Gasteiger partial charge in [0.15, 0.2) is 40.3 Å². The fourth-order valence-corrected chi connectivity index (χ4v) is 19.0. The van der Waals surface area contributed by atoms with Crippen LogP contribution in [0.1, 0.15) is 131 Å². The molecule has 7 aliphatic rings. The van der Waals surface area contributed by atoms with Gasteiger partial charge in [-0.3, -0.25) is 43.7 Å². The summed E-state index contributed by atoms with van der Waals surface area (Å²) in [7, 11) is 2.06. The maximum atomic E-state index is 14.2. The van der Waals surface area contributed by atoms with Crippen LogP contribution in [0.25, 0.3) is 0 Å². The summed E-state index contributed by atoms with van der Waals surface area (Å²) in [5, 5.41) is 54.3. The van der Waals surface area contributed by atoms with Crippen LogP contribution in [0.5, 0.6) is 40.2 Å². The van der Waals surface area contributed by atoms with Gasteiger partial charge in [0.1, 0.15) is 67.9 Å². The number of amides is 4. The minimum atomic E-state index is -5.07. The van der Waals surface area contributed by atoms with E-state index in [4.69, 9.17) is 61.0 Å². The number of carbonyl (C=O) groups excluding carboxylic acids is 6. The van der Waals surface area contributed by atoms with E-state index in [1.807, 2.05) is 65.3 Å². The maximum absolute atomic E-state index is 14.2. The standard InChI is InChI=1S/C88H98N9O23S3/c1-97(2,48-55-31-56(50-115-75-39-68-66(37-73(75)110-3)86(106)94-44-60-21-29-121-79(60)35-63(94)41-89-68)33-57(32-55)51-116-76-40-69-67(38-74(76)111-4)87(107)95-45-61-22-30-122-80(61)36-64(95)42-90-69)47-54-11-16-65(17-12-54)119-123(108,109)120-77-34-59(15-18-72(77)117-88-85(105)84(104)83(103)78(49-98)118-88)71(100)8-6-24-112-26-23-93-46-62(91-92-93)52-114-28-27-113-25-5-7-70(99)58-13-9-53(10-14-58)43-96-81(101)19-20-82(96)102/h11-12,15-22,29-34,37-42,46,53,58,63-64,78,83-85,88,98,103-105H,5-10,13-14,23-28,35-36,43-45,47-52H2,1-4H3/q+1/t53?,58?,63-,64+,78-,83+,84+,85+,88?/m1/s1. The Hall–Kier alpha value is -10.7. The average molecular weight is 1750 g/mol. The number of Topliss-reactive ketones (excluding diaryl/α,β-unsaturated/α-hetero) is 2. The van der Waals surface area contributed by atoms with Crippen LogP contribution >= 0.6 is 22.7 Å². The number of aliphatic hydroxyl groups is 4. The number of thiophene rings is 2. The van der Waals surface area contributed by atoms with E-state index in [1.54, 1.807) is 70.0 Å². The number of aliphatic imine (C=N–C) groups is 2. The van der Waals surface area contributed by atoms with E-state index in [-0.39, 0.29) is 116 Å². The van der Waals surface area contributed by atoms with E-state index in [2.05, 4.69) is 22.4 Å². The number of methoxy groups -OCH3 is 2. The third kappa shape index (κ3) is 21.2. The van der Waals surface area contributed by atoms with Crippen LogP contribution in [0.3, 0.4) is 0 Å². The number of aromatic nitrogens is 3. The van der Waals surface area contributed by atoms with Crippen LogP contribution in [0.15, 0.2) is 136 Å². The second kappa shape index (κ2) is 39.0. The Morgan fingerprint density at radius 1 is 0.602 bits per heavy atom. The molecule has 9 heterocycles. The Labute approximate surface area is 718 Å². The van der Waals surface area contributed by atoms with E-state index >= 15 is 0 Å². The summed E-state index contributed by atoms with van der Waals surface area (Å²) in [6.07, 6.45) is 5.02. The molecule has 1 unspecified atom stereocenters. The average Bonchev–Trinajstić information content (AvgIpc) is 1.61. The number of hydrogen-bond acceptors (Lipinski definition) is 29. The highest BCUT2D eigenvalue weighted by Gasteiger charge is 2.46. The van der Waals surface area contributed by atoms with Gasteiger partial charge in [-0.1, -0.05) is 5.21 Å². The van der Waals surface area contributed by atoms with Crippen molar-refractivity contribution in [3.63, 3.8) is 0 Å². The van der Waals surface area contributed by atoms with E-state index in [1.165, 1.54) is 65.3 Å². The smallest absolute Gasteiger partial charge is 0.493 e. The molecular formula is C88H98N9O23S3+. The van der Waals surface area contributed by atoms with E-state index in [0.717, 1.165) is 65.1 Å². The van der Waals surface area contributed by atoms with Crippen molar-refractivity contribution in [2.45, 2.75) is 160 Å². The van der Waals surface area contributed by atoms with Gasteiger partial charge in [0.2, 0.25) is 6.29 Å². The molecule has 0 spiro atoms. The topological polar surface area (TPSA) is 384 Å². The predicted molar refractivity (Wildman–Crippen MR) is 448 cm³/mol. The molecule has 35 heteroatoms. The lowest BCUT2D eigenvalue weighted by atomic mass is 9.79. The van der Waals surface area contributed by atoms with Gasteiger partial charge in [-0.25, -0.2) is 4.68 Å². The van der Waals surface area contributed by atoms with Crippen molar-refractivity contribution in [2.75, 3.05) is 74.5 Å². The van der Waals surface area contributed by atoms with Crippen molar-refractivity contribution in [3.05, 3.63) is 192 Å². The van der Waals surface area contributed by atoms with Crippen LogP contribution in [0.2, 0.25) is 0 Å². The number of benzene rings is 5. The van der Waals surface area contributed by atoms with Crippen LogP contribution in [0.4, 0.5) is 11.4 Å². The second-order valence-electron chi connectivity index (χ2n) is 32.1. The summed E-state index contributed by atoms with van der Waals surface area (Å²) < 4.78 is 94.7. The highest BCUT2D eigenvalue weighted by Crippen LogP contribution is 2.43. The monoisotopic (exact) mass is 1740 g/mol. The normalized spacial score (nSPS) is 21.0. The third-order valence-corrected chi connectivity index (χ3v) is 25.5. The number of rotatable bonds is 39. The van der Waals surface area contributed by atoms with Gasteiger partial charge >= 0.3 is 10.4 Å². The zero-order chi connectivity index (χ0) is 86.1. The van der Waals surface area contributed by atoms with Gasteiger partial charge in [0.05, 0.1) is 109 Å². The van der Waals surface area contributed by atoms with Crippen molar-refractivity contribution in [3.8, 4) is 40.2 Å². The van der Waals surface area contributed by atoms with Crippen LogP contribution in [-0.4, -0.2) is 228 Å². The highest BCUT2D eigenvalue weighted by molar-refractivity contribution is 7.82. The SMILES string of the molecule is COc1cc2c(cc1OCc1cc(COc3cc4c(cc3OC)C(=O)N3Cc5ccsc5C[C@@H]3C=N4)cc(C[N+](C)(C)Cc3ccc(OS(=O)(=O)Oc4cc(C(=O)CCCOCCn5cc(COCCOCCCC(=O)C6CCC(CN7C(=O)C=CC7=O)CC6)nn5)ccc4OC4O[C@H](CO)[C@H](O)[C@H](O)[C@@H]4O)cc3)c1)N=C[C@@H]1Cc3sccc3CN1C2=O. The molecule has 4 amide bonds. The van der Waals surface area contributed by atoms with E-state index in [9.17, 15) is 57.6 Å². The lowest BCUT2D eigenvalue weighted by Crippen LogP contribution is -2.60. The summed E-state index contributed by atoms with van der Waals surface area (Å²) in [6, 6.07) is 26.6. The number of aliphatic hydroxyl groups excluding tert-OH is 4. The molecule has 8 aromatic rings.